The second-order valence-electron chi connectivity index (χ2n) is 6.04. The largest absolute Gasteiger partial charge is 0.326 e. The highest BCUT2D eigenvalue weighted by atomic mass is 32.2. The third kappa shape index (κ3) is 2.40. The molecular formula is C13H23N5O2S. The maximum absolute atomic E-state index is 12.9. The first-order chi connectivity index (χ1) is 9.95. The van der Waals surface area contributed by atoms with Crippen LogP contribution in [0.3, 0.4) is 0 Å². The molecule has 7 nitrogen and oxygen atoms in total. The van der Waals surface area contributed by atoms with Crippen LogP contribution in [0.4, 0.5) is 0 Å². The molecule has 0 aliphatic carbocycles. The van der Waals surface area contributed by atoms with Crippen LogP contribution in [0.1, 0.15) is 30.5 Å². The number of likely N-dealkylation sites (N-methyl/N-ethyl adjacent to an activating group) is 1. The van der Waals surface area contributed by atoms with Crippen LogP contribution in [-0.4, -0.2) is 60.0 Å². The van der Waals surface area contributed by atoms with Crippen LogP contribution < -0.4 is 5.73 Å². The minimum atomic E-state index is -3.57. The van der Waals surface area contributed by atoms with E-state index in [1.165, 1.54) is 6.42 Å². The summed E-state index contributed by atoms with van der Waals surface area (Å²) >= 11 is 0. The number of H-pyrrole nitrogens is 1. The van der Waals surface area contributed by atoms with Gasteiger partial charge < -0.3 is 5.73 Å². The Hall–Kier alpha value is -0.960. The van der Waals surface area contributed by atoms with Gasteiger partial charge in [0.25, 0.3) is 10.0 Å². The lowest BCUT2D eigenvalue weighted by Gasteiger charge is -2.24. The molecule has 0 saturated carbocycles. The van der Waals surface area contributed by atoms with Crippen molar-refractivity contribution in [2.24, 2.45) is 5.73 Å². The molecule has 2 atom stereocenters. The quantitative estimate of drug-likeness (QED) is 0.821. The highest BCUT2D eigenvalue weighted by Gasteiger charge is 2.40. The molecule has 3 rings (SSSR count). The molecule has 2 bridgehead atoms. The third-order valence-corrected chi connectivity index (χ3v) is 6.77. The van der Waals surface area contributed by atoms with Gasteiger partial charge in [-0.3, -0.25) is 10.00 Å². The van der Waals surface area contributed by atoms with Crippen molar-refractivity contribution in [2.75, 3.05) is 20.1 Å². The van der Waals surface area contributed by atoms with E-state index in [0.29, 0.717) is 30.7 Å². The molecule has 21 heavy (non-hydrogen) atoms. The van der Waals surface area contributed by atoms with Crippen molar-refractivity contribution in [1.82, 2.24) is 19.4 Å². The summed E-state index contributed by atoms with van der Waals surface area (Å²) in [5.41, 5.74) is 7.01. The smallest absolute Gasteiger partial charge is 0.262 e. The summed E-state index contributed by atoms with van der Waals surface area (Å²) in [6.07, 6.45) is 3.12. The van der Waals surface area contributed by atoms with Gasteiger partial charge >= 0.3 is 0 Å². The van der Waals surface area contributed by atoms with E-state index in [0.717, 1.165) is 18.5 Å². The van der Waals surface area contributed by atoms with Crippen LogP contribution in [0.5, 0.6) is 0 Å². The fraction of sp³-hybridized carbons (Fsp3) is 0.769. The van der Waals surface area contributed by atoms with Crippen molar-refractivity contribution in [1.29, 1.82) is 0 Å². The molecule has 118 valence electrons. The van der Waals surface area contributed by atoms with E-state index in [1.54, 1.807) is 11.2 Å². The Balaban J connectivity index is 1.91. The molecule has 0 spiro atoms. The number of aromatic nitrogens is 2. The highest BCUT2D eigenvalue weighted by molar-refractivity contribution is 7.89. The molecule has 0 aromatic carbocycles. The lowest BCUT2D eigenvalue weighted by Crippen LogP contribution is -2.40. The van der Waals surface area contributed by atoms with E-state index in [-0.39, 0.29) is 11.6 Å². The lowest BCUT2D eigenvalue weighted by molar-refractivity contribution is 0.246. The topological polar surface area (TPSA) is 95.3 Å². The summed E-state index contributed by atoms with van der Waals surface area (Å²) in [6.45, 7) is 3.08. The van der Waals surface area contributed by atoms with Crippen molar-refractivity contribution in [3.8, 4) is 0 Å². The molecule has 1 aromatic rings. The summed E-state index contributed by atoms with van der Waals surface area (Å²) in [4.78, 5) is 2.33. The first-order valence-corrected chi connectivity index (χ1v) is 8.85. The highest BCUT2D eigenvalue weighted by Crippen LogP contribution is 2.31. The van der Waals surface area contributed by atoms with Gasteiger partial charge in [0.05, 0.1) is 0 Å². The number of sulfonamides is 1. The van der Waals surface area contributed by atoms with Crippen molar-refractivity contribution < 1.29 is 8.42 Å². The van der Waals surface area contributed by atoms with Crippen LogP contribution in [0.2, 0.25) is 0 Å². The Kier molecular flexibility index (Phi) is 3.81. The van der Waals surface area contributed by atoms with Crippen LogP contribution in [0, 0.1) is 6.92 Å². The summed E-state index contributed by atoms with van der Waals surface area (Å²) in [6, 6.07) is 0.818. The van der Waals surface area contributed by atoms with E-state index < -0.39 is 10.0 Å². The molecule has 2 fully saturated rings. The first-order valence-electron chi connectivity index (χ1n) is 7.41. The number of hydrogen-bond acceptors (Lipinski definition) is 5. The monoisotopic (exact) mass is 313 g/mol. The van der Waals surface area contributed by atoms with Crippen LogP contribution >= 0.6 is 0 Å². The average molecular weight is 313 g/mol. The number of aryl methyl sites for hydroxylation is 1. The Morgan fingerprint density at radius 2 is 2.05 bits per heavy atom. The SMILES string of the molecule is Cc1[nH]nc(S(=O)(=O)N2CCC3CCC(C2)N3C)c1CN. The van der Waals surface area contributed by atoms with E-state index in [2.05, 4.69) is 22.1 Å². The zero-order valence-electron chi connectivity index (χ0n) is 12.5. The normalized spacial score (nSPS) is 28.0. The number of nitrogens with zero attached hydrogens (tertiary/aromatic N) is 3. The van der Waals surface area contributed by atoms with Crippen LogP contribution in [0.25, 0.3) is 0 Å². The number of nitrogens with one attached hydrogen (secondary N) is 1. The number of nitrogens with two attached hydrogens (primary N) is 1. The Labute approximate surface area is 125 Å². The van der Waals surface area contributed by atoms with Crippen molar-refractivity contribution in [3.63, 3.8) is 0 Å². The molecular weight excluding hydrogens is 290 g/mol. The predicted octanol–water partition coefficient (Wildman–Crippen LogP) is 0.0340. The number of aromatic amines is 1. The maximum Gasteiger partial charge on any atom is 0.262 e. The second kappa shape index (κ2) is 5.35. The maximum atomic E-state index is 12.9. The molecule has 2 unspecified atom stereocenters. The average Bonchev–Trinajstić information content (AvgIpc) is 2.90. The fourth-order valence-electron chi connectivity index (χ4n) is 3.50. The Morgan fingerprint density at radius 1 is 1.33 bits per heavy atom. The zero-order chi connectivity index (χ0) is 15.2. The van der Waals surface area contributed by atoms with Crippen molar-refractivity contribution >= 4 is 10.0 Å². The number of fused-ring (bicyclic) bond motifs is 2. The Morgan fingerprint density at radius 3 is 2.76 bits per heavy atom. The van der Waals surface area contributed by atoms with Gasteiger partial charge in [0.15, 0.2) is 5.03 Å². The van der Waals surface area contributed by atoms with Gasteiger partial charge in [0.2, 0.25) is 0 Å². The minimum Gasteiger partial charge on any atom is -0.326 e. The predicted molar refractivity (Wildman–Crippen MR) is 79.2 cm³/mol. The molecule has 2 saturated heterocycles. The zero-order valence-corrected chi connectivity index (χ0v) is 13.4. The summed E-state index contributed by atoms with van der Waals surface area (Å²) < 4.78 is 27.4. The minimum absolute atomic E-state index is 0.0999. The summed E-state index contributed by atoms with van der Waals surface area (Å²) in [5.74, 6) is 0. The van der Waals surface area contributed by atoms with Gasteiger partial charge in [-0.25, -0.2) is 8.42 Å². The van der Waals surface area contributed by atoms with Crippen LogP contribution in [0.15, 0.2) is 5.03 Å². The van der Waals surface area contributed by atoms with E-state index >= 15 is 0 Å². The first kappa shape index (κ1) is 15.0. The number of hydrogen-bond donors (Lipinski definition) is 2. The van der Waals surface area contributed by atoms with Crippen molar-refractivity contribution in [2.45, 2.75) is 49.8 Å². The molecule has 3 N–H and O–H groups in total. The Bertz CT molecular complexity index is 627. The molecule has 0 radical (unpaired) electrons. The molecule has 1 aromatic heterocycles. The van der Waals surface area contributed by atoms with Gasteiger partial charge in [-0.05, 0) is 33.2 Å². The standard InChI is InChI=1S/C13H23N5O2S/c1-9-12(7-14)13(16-15-9)21(19,20)18-6-5-10-3-4-11(8-18)17(10)2/h10-11H,3-8,14H2,1-2H3,(H,15,16). The summed E-state index contributed by atoms with van der Waals surface area (Å²) in [5, 5.41) is 6.84. The lowest BCUT2D eigenvalue weighted by atomic mass is 10.1. The van der Waals surface area contributed by atoms with Gasteiger partial charge in [-0.1, -0.05) is 0 Å². The van der Waals surface area contributed by atoms with E-state index in [1.807, 2.05) is 0 Å². The van der Waals surface area contributed by atoms with Gasteiger partial charge in [0, 0.05) is 43.0 Å². The van der Waals surface area contributed by atoms with Crippen LogP contribution in [-0.2, 0) is 16.6 Å². The van der Waals surface area contributed by atoms with Crippen molar-refractivity contribution in [3.05, 3.63) is 11.3 Å². The summed E-state index contributed by atoms with van der Waals surface area (Å²) in [7, 11) is -1.47. The molecule has 2 aliphatic heterocycles. The molecule has 8 heteroatoms. The van der Waals surface area contributed by atoms with E-state index in [4.69, 9.17) is 5.73 Å². The number of rotatable bonds is 3. The van der Waals surface area contributed by atoms with Gasteiger partial charge in [0.1, 0.15) is 0 Å². The molecule has 2 aliphatic rings. The molecule has 3 heterocycles. The van der Waals surface area contributed by atoms with E-state index in [9.17, 15) is 8.42 Å². The fourth-order valence-corrected chi connectivity index (χ4v) is 5.17. The second-order valence-corrected chi connectivity index (χ2v) is 7.89. The molecule has 0 amide bonds. The van der Waals surface area contributed by atoms with Gasteiger partial charge in [-0.2, -0.15) is 9.40 Å². The third-order valence-electron chi connectivity index (χ3n) is 4.94. The van der Waals surface area contributed by atoms with Gasteiger partial charge in [-0.15, -0.1) is 0 Å².